The van der Waals surface area contributed by atoms with Gasteiger partial charge in [-0.1, -0.05) is 11.8 Å². The normalized spacial score (nSPS) is 15.0. The van der Waals surface area contributed by atoms with Crippen LogP contribution < -0.4 is 20.3 Å². The predicted molar refractivity (Wildman–Crippen MR) is 129 cm³/mol. The number of hydrogen-bond donors (Lipinski definition) is 2. The Morgan fingerprint density at radius 3 is 2.69 bits per heavy atom. The molecule has 0 spiro atoms. The highest BCUT2D eigenvalue weighted by atomic mass is 19.1. The predicted octanol–water partition coefficient (Wildman–Crippen LogP) is 2.33. The van der Waals surface area contributed by atoms with Gasteiger partial charge < -0.3 is 20.3 Å². The lowest BCUT2D eigenvalue weighted by Gasteiger charge is -2.20. The number of amides is 2. The van der Waals surface area contributed by atoms with Crippen molar-refractivity contribution < 1.29 is 18.7 Å². The van der Waals surface area contributed by atoms with Gasteiger partial charge in [-0.25, -0.2) is 9.37 Å². The van der Waals surface area contributed by atoms with Crippen LogP contribution in [-0.4, -0.2) is 52.3 Å². The Bertz CT molecular complexity index is 1340. The molecular weight excluding hydrogens is 451 g/mol. The van der Waals surface area contributed by atoms with Crippen LogP contribution in [0.15, 0.2) is 42.9 Å². The average Bonchev–Trinajstić information content (AvgIpc) is 3.21. The van der Waals surface area contributed by atoms with E-state index in [0.717, 1.165) is 11.8 Å². The first-order valence-electron chi connectivity index (χ1n) is 11.0. The number of halogens is 1. The molecule has 1 aliphatic rings. The second-order valence-electron chi connectivity index (χ2n) is 8.42. The number of pyridine rings is 1. The van der Waals surface area contributed by atoms with Crippen LogP contribution in [0.1, 0.15) is 35.5 Å². The molecule has 4 rings (SSSR count). The zero-order valence-corrected chi connectivity index (χ0v) is 19.8. The highest BCUT2D eigenvalue weighted by Crippen LogP contribution is 2.31. The molecule has 3 aromatic rings. The molecule has 0 bridgehead atoms. The van der Waals surface area contributed by atoms with Gasteiger partial charge in [0.15, 0.2) is 5.82 Å². The summed E-state index contributed by atoms with van der Waals surface area (Å²) in [5, 5.41) is 9.66. The molecule has 0 saturated carbocycles. The van der Waals surface area contributed by atoms with Gasteiger partial charge >= 0.3 is 0 Å². The number of aromatic nitrogens is 3. The third kappa shape index (κ3) is 5.41. The molecule has 2 N–H and O–H groups in total. The summed E-state index contributed by atoms with van der Waals surface area (Å²) in [4.78, 5) is 31.2. The highest BCUT2D eigenvalue weighted by molar-refractivity contribution is 6.03. The number of fused-ring (bicyclic) bond motifs is 1. The van der Waals surface area contributed by atoms with E-state index in [9.17, 15) is 14.0 Å². The van der Waals surface area contributed by atoms with Crippen LogP contribution in [0.2, 0.25) is 0 Å². The fraction of sp³-hybridized carbons (Fsp3) is 0.280. The number of carbonyl (C=O) groups excluding carboxylic acids is 2. The number of ether oxygens (including phenoxy) is 1. The van der Waals surface area contributed by atoms with Gasteiger partial charge in [0.25, 0.3) is 11.8 Å². The molecule has 0 unspecified atom stereocenters. The van der Waals surface area contributed by atoms with Gasteiger partial charge in [0.1, 0.15) is 24.1 Å². The SMILES string of the molecule is CC(C)Nc1cc(C(=O)N[C@H]2COc3ccc(C#Cc4cnn(C)c4)cc3N(C)C2=O)ncc1F. The second-order valence-corrected chi connectivity index (χ2v) is 8.42. The molecule has 35 heavy (non-hydrogen) atoms. The van der Waals surface area contributed by atoms with Crippen LogP contribution in [0.4, 0.5) is 15.8 Å². The van der Waals surface area contributed by atoms with Gasteiger partial charge in [-0.3, -0.25) is 14.3 Å². The number of carbonyl (C=O) groups is 2. The highest BCUT2D eigenvalue weighted by Gasteiger charge is 2.31. The van der Waals surface area contributed by atoms with Crippen molar-refractivity contribution in [1.29, 1.82) is 0 Å². The van der Waals surface area contributed by atoms with Crippen LogP contribution in [0.25, 0.3) is 0 Å². The summed E-state index contributed by atoms with van der Waals surface area (Å²) < 4.78 is 21.5. The van der Waals surface area contributed by atoms with E-state index >= 15 is 0 Å². The fourth-order valence-corrected chi connectivity index (χ4v) is 3.53. The lowest BCUT2D eigenvalue weighted by atomic mass is 10.1. The van der Waals surface area contributed by atoms with Crippen molar-refractivity contribution in [2.45, 2.75) is 25.9 Å². The number of anilines is 2. The lowest BCUT2D eigenvalue weighted by Crippen LogP contribution is -2.49. The van der Waals surface area contributed by atoms with Gasteiger partial charge in [0.05, 0.1) is 29.3 Å². The van der Waals surface area contributed by atoms with Crippen LogP contribution in [0.5, 0.6) is 5.75 Å². The summed E-state index contributed by atoms with van der Waals surface area (Å²) in [6.45, 7) is 3.63. The first-order valence-corrected chi connectivity index (χ1v) is 11.0. The van der Waals surface area contributed by atoms with Crippen molar-refractivity contribution in [3.05, 3.63) is 65.5 Å². The Morgan fingerprint density at radius 2 is 1.97 bits per heavy atom. The molecule has 10 heteroatoms. The lowest BCUT2D eigenvalue weighted by molar-refractivity contribution is -0.120. The van der Waals surface area contributed by atoms with Crippen molar-refractivity contribution in [2.75, 3.05) is 23.9 Å². The Hall–Kier alpha value is -4.39. The van der Waals surface area contributed by atoms with E-state index in [1.54, 1.807) is 42.3 Å². The van der Waals surface area contributed by atoms with Crippen molar-refractivity contribution in [1.82, 2.24) is 20.1 Å². The molecule has 0 saturated heterocycles. The number of nitrogens with one attached hydrogen (secondary N) is 2. The fourth-order valence-electron chi connectivity index (χ4n) is 3.53. The third-order valence-electron chi connectivity index (χ3n) is 5.25. The molecule has 0 aliphatic carbocycles. The summed E-state index contributed by atoms with van der Waals surface area (Å²) in [7, 11) is 3.42. The van der Waals surface area contributed by atoms with Crippen LogP contribution in [0, 0.1) is 17.7 Å². The Morgan fingerprint density at radius 1 is 1.20 bits per heavy atom. The molecule has 180 valence electrons. The first kappa shape index (κ1) is 23.8. The molecular formula is C25H25FN6O3. The van der Waals surface area contributed by atoms with Crippen LogP contribution in [0.3, 0.4) is 0 Å². The number of rotatable bonds is 4. The maximum Gasteiger partial charge on any atom is 0.270 e. The van der Waals surface area contributed by atoms with Crippen LogP contribution in [-0.2, 0) is 11.8 Å². The van der Waals surface area contributed by atoms with Gasteiger partial charge in [-0.15, -0.1) is 0 Å². The van der Waals surface area contributed by atoms with E-state index in [1.807, 2.05) is 20.9 Å². The number of benzene rings is 1. The molecule has 2 amide bonds. The summed E-state index contributed by atoms with van der Waals surface area (Å²) in [6, 6.07) is 5.61. The Kier molecular flexibility index (Phi) is 6.68. The molecule has 9 nitrogen and oxygen atoms in total. The van der Waals surface area contributed by atoms with E-state index in [-0.39, 0.29) is 29.9 Å². The van der Waals surface area contributed by atoms with Crippen molar-refractivity contribution in [2.24, 2.45) is 7.05 Å². The summed E-state index contributed by atoms with van der Waals surface area (Å²) >= 11 is 0. The molecule has 1 aliphatic heterocycles. The van der Waals surface area contributed by atoms with E-state index in [1.165, 1.54) is 11.0 Å². The summed E-state index contributed by atoms with van der Waals surface area (Å²) in [6.07, 6.45) is 4.45. The molecule has 1 atom stereocenters. The number of likely N-dealkylation sites (N-methyl/N-ethyl adjacent to an activating group) is 1. The molecule has 3 heterocycles. The Balaban J connectivity index is 1.51. The maximum atomic E-state index is 14.0. The molecule has 0 fully saturated rings. The largest absolute Gasteiger partial charge is 0.489 e. The number of nitrogens with zero attached hydrogens (tertiary/aromatic N) is 4. The van der Waals surface area contributed by atoms with Crippen molar-refractivity contribution in [3.8, 4) is 17.6 Å². The summed E-state index contributed by atoms with van der Waals surface area (Å²) in [5.74, 6) is 5.04. The number of aryl methyl sites for hydroxylation is 1. The van der Waals surface area contributed by atoms with E-state index in [4.69, 9.17) is 4.74 Å². The third-order valence-corrected chi connectivity index (χ3v) is 5.25. The van der Waals surface area contributed by atoms with E-state index < -0.39 is 17.8 Å². The van der Waals surface area contributed by atoms with E-state index in [0.29, 0.717) is 17.0 Å². The van der Waals surface area contributed by atoms with Crippen molar-refractivity contribution >= 4 is 23.2 Å². The van der Waals surface area contributed by atoms with Gasteiger partial charge in [0, 0.05) is 31.9 Å². The average molecular weight is 477 g/mol. The zero-order valence-electron chi connectivity index (χ0n) is 19.8. The quantitative estimate of drug-likeness (QED) is 0.561. The second kappa shape index (κ2) is 9.85. The van der Waals surface area contributed by atoms with Gasteiger partial charge in [-0.05, 0) is 38.1 Å². The molecule has 1 aromatic carbocycles. The minimum absolute atomic E-state index is 0.0141. The molecule has 2 aromatic heterocycles. The number of hydrogen-bond acceptors (Lipinski definition) is 6. The standard InChI is InChI=1S/C25H25FN6O3/c1-15(2)29-19-10-20(27-12-18(19)26)24(33)30-21-14-35-23-8-7-16(9-22(23)32(4)25(21)34)5-6-17-11-28-31(3)13-17/h7-13,15,21H,14H2,1-4H3,(H,27,29)(H,30,33)/t21-/m0/s1. The Labute approximate surface area is 202 Å². The zero-order chi connectivity index (χ0) is 25.1. The van der Waals surface area contributed by atoms with Gasteiger partial charge in [-0.2, -0.15) is 5.10 Å². The van der Waals surface area contributed by atoms with Gasteiger partial charge in [0.2, 0.25) is 0 Å². The van der Waals surface area contributed by atoms with E-state index in [2.05, 4.69) is 32.6 Å². The smallest absolute Gasteiger partial charge is 0.270 e. The maximum absolute atomic E-state index is 14.0. The van der Waals surface area contributed by atoms with Crippen molar-refractivity contribution in [3.63, 3.8) is 0 Å². The summed E-state index contributed by atoms with van der Waals surface area (Å²) in [5.41, 5.74) is 2.15. The topological polar surface area (TPSA) is 101 Å². The minimum Gasteiger partial charge on any atom is -0.489 e. The monoisotopic (exact) mass is 476 g/mol. The van der Waals surface area contributed by atoms with Crippen LogP contribution >= 0.6 is 0 Å². The first-order chi connectivity index (χ1) is 16.7. The minimum atomic E-state index is -0.960. The molecule has 0 radical (unpaired) electrons.